The smallest absolute Gasteiger partial charge is 0.408 e. The highest BCUT2D eigenvalue weighted by Crippen LogP contribution is 2.33. The van der Waals surface area contributed by atoms with Gasteiger partial charge in [0.15, 0.2) is 0 Å². The molecular weight excluding hydrogens is 284 g/mol. The van der Waals surface area contributed by atoms with Crippen molar-refractivity contribution in [1.82, 2.24) is 5.32 Å². The van der Waals surface area contributed by atoms with E-state index >= 15 is 0 Å². The molecule has 21 heavy (non-hydrogen) atoms. The van der Waals surface area contributed by atoms with Crippen LogP contribution in [0.3, 0.4) is 0 Å². The predicted octanol–water partition coefficient (Wildman–Crippen LogP) is 2.44. The van der Waals surface area contributed by atoms with Crippen LogP contribution in [-0.4, -0.2) is 23.2 Å². The molecule has 0 aliphatic heterocycles. The molecule has 1 saturated carbocycles. The lowest BCUT2D eigenvalue weighted by Crippen LogP contribution is -2.41. The third kappa shape index (κ3) is 4.40. The fourth-order valence-electron chi connectivity index (χ4n) is 1.90. The third-order valence-corrected chi connectivity index (χ3v) is 3.27. The molecule has 1 amide bonds. The number of carbonyl (C=O) groups is 2. The van der Waals surface area contributed by atoms with Gasteiger partial charge in [0.1, 0.15) is 24.3 Å². The van der Waals surface area contributed by atoms with Gasteiger partial charge in [0.05, 0.1) is 5.56 Å². The van der Waals surface area contributed by atoms with E-state index in [1.54, 1.807) is 0 Å². The van der Waals surface area contributed by atoms with Gasteiger partial charge in [-0.15, -0.1) is 0 Å². The number of carboxylic acids is 1. The number of rotatable bonds is 6. The molecular formula is C14H15F2NO4. The van der Waals surface area contributed by atoms with Crippen molar-refractivity contribution in [3.63, 3.8) is 0 Å². The fraction of sp³-hybridized carbons (Fsp3) is 0.429. The maximum atomic E-state index is 13.3. The SMILES string of the molecule is O=C(N[C@@H](CC1CC1)C(=O)O)OCc1c(F)cccc1F. The lowest BCUT2D eigenvalue weighted by Gasteiger charge is -2.14. The van der Waals surface area contributed by atoms with E-state index in [0.29, 0.717) is 12.3 Å². The van der Waals surface area contributed by atoms with Gasteiger partial charge >= 0.3 is 12.1 Å². The molecule has 5 nitrogen and oxygen atoms in total. The molecule has 0 heterocycles. The monoisotopic (exact) mass is 299 g/mol. The summed E-state index contributed by atoms with van der Waals surface area (Å²) in [5.74, 6) is -2.50. The van der Waals surface area contributed by atoms with Crippen LogP contribution in [0.15, 0.2) is 18.2 Å². The first-order valence-corrected chi connectivity index (χ1v) is 6.56. The van der Waals surface area contributed by atoms with Crippen molar-refractivity contribution in [1.29, 1.82) is 0 Å². The van der Waals surface area contributed by atoms with Crippen LogP contribution in [0.4, 0.5) is 13.6 Å². The number of halogens is 2. The van der Waals surface area contributed by atoms with Gasteiger partial charge in [0.2, 0.25) is 0 Å². The summed E-state index contributed by atoms with van der Waals surface area (Å²) in [7, 11) is 0. The van der Waals surface area contributed by atoms with Crippen molar-refractivity contribution < 1.29 is 28.2 Å². The van der Waals surface area contributed by atoms with Gasteiger partial charge in [-0.3, -0.25) is 0 Å². The molecule has 1 aromatic rings. The summed E-state index contributed by atoms with van der Waals surface area (Å²) < 4.78 is 31.3. The molecule has 2 rings (SSSR count). The van der Waals surface area contributed by atoms with E-state index in [1.807, 2.05) is 0 Å². The van der Waals surface area contributed by atoms with Crippen LogP contribution < -0.4 is 5.32 Å². The van der Waals surface area contributed by atoms with Crippen molar-refractivity contribution in [2.24, 2.45) is 5.92 Å². The summed E-state index contributed by atoms with van der Waals surface area (Å²) in [4.78, 5) is 22.5. The van der Waals surface area contributed by atoms with Crippen molar-refractivity contribution in [3.05, 3.63) is 35.4 Å². The number of ether oxygens (including phenoxy) is 1. The van der Waals surface area contributed by atoms with Gasteiger partial charge in [0.25, 0.3) is 0 Å². The number of alkyl carbamates (subject to hydrolysis) is 1. The molecule has 0 unspecified atom stereocenters. The van der Waals surface area contributed by atoms with Crippen LogP contribution >= 0.6 is 0 Å². The minimum atomic E-state index is -1.16. The third-order valence-electron chi connectivity index (χ3n) is 3.27. The fourth-order valence-corrected chi connectivity index (χ4v) is 1.90. The molecule has 1 fully saturated rings. The average Bonchev–Trinajstić information content (AvgIpc) is 3.21. The Morgan fingerprint density at radius 1 is 1.33 bits per heavy atom. The van der Waals surface area contributed by atoms with Gasteiger partial charge in [-0.25, -0.2) is 18.4 Å². The molecule has 1 aliphatic rings. The maximum Gasteiger partial charge on any atom is 0.408 e. The van der Waals surface area contributed by atoms with Gasteiger partial charge in [0, 0.05) is 0 Å². The number of hydrogen-bond donors (Lipinski definition) is 2. The molecule has 0 spiro atoms. The van der Waals surface area contributed by atoms with E-state index in [-0.39, 0.29) is 5.56 Å². The average molecular weight is 299 g/mol. The summed E-state index contributed by atoms with van der Waals surface area (Å²) in [6, 6.07) is 2.25. The highest BCUT2D eigenvalue weighted by atomic mass is 19.1. The maximum absolute atomic E-state index is 13.3. The Hall–Kier alpha value is -2.18. The van der Waals surface area contributed by atoms with E-state index in [2.05, 4.69) is 10.1 Å². The number of amides is 1. The lowest BCUT2D eigenvalue weighted by atomic mass is 10.1. The Labute approximate surface area is 119 Å². The van der Waals surface area contributed by atoms with E-state index < -0.39 is 36.3 Å². The Kier molecular flexibility index (Phi) is 4.72. The first kappa shape index (κ1) is 15.2. The van der Waals surface area contributed by atoms with Gasteiger partial charge in [-0.05, 0) is 24.5 Å². The highest BCUT2D eigenvalue weighted by molar-refractivity contribution is 5.79. The molecule has 7 heteroatoms. The van der Waals surface area contributed by atoms with Crippen LogP contribution in [0.25, 0.3) is 0 Å². The second-order valence-electron chi connectivity index (χ2n) is 4.99. The summed E-state index contributed by atoms with van der Waals surface area (Å²) in [6.07, 6.45) is 1.21. The second kappa shape index (κ2) is 6.51. The predicted molar refractivity (Wildman–Crippen MR) is 68.4 cm³/mol. The summed E-state index contributed by atoms with van der Waals surface area (Å²) in [6.45, 7) is -0.597. The standard InChI is InChI=1S/C14H15F2NO4/c15-10-2-1-3-11(16)9(10)7-21-14(20)17-12(13(18)19)6-8-4-5-8/h1-3,8,12H,4-7H2,(H,17,20)(H,18,19)/t12-/m0/s1. The van der Waals surface area contributed by atoms with Crippen LogP contribution in [0.1, 0.15) is 24.8 Å². The molecule has 1 aromatic carbocycles. The summed E-state index contributed by atoms with van der Waals surface area (Å²) in [5, 5.41) is 11.2. The van der Waals surface area contributed by atoms with Crippen molar-refractivity contribution >= 4 is 12.1 Å². The van der Waals surface area contributed by atoms with Crippen LogP contribution in [0.5, 0.6) is 0 Å². The number of nitrogens with one attached hydrogen (secondary N) is 1. The molecule has 1 aliphatic carbocycles. The summed E-state index contributed by atoms with van der Waals surface area (Å²) in [5.41, 5.74) is -0.373. The molecule has 0 aromatic heterocycles. The van der Waals surface area contributed by atoms with Crippen LogP contribution in [0, 0.1) is 17.6 Å². The zero-order chi connectivity index (χ0) is 15.4. The molecule has 114 valence electrons. The van der Waals surface area contributed by atoms with Crippen molar-refractivity contribution in [2.75, 3.05) is 0 Å². The number of hydrogen-bond acceptors (Lipinski definition) is 3. The molecule has 0 bridgehead atoms. The minimum absolute atomic E-state index is 0.301. The minimum Gasteiger partial charge on any atom is -0.480 e. The number of carboxylic acid groups (broad SMARTS) is 1. The van der Waals surface area contributed by atoms with E-state index in [9.17, 15) is 18.4 Å². The second-order valence-corrected chi connectivity index (χ2v) is 4.99. The van der Waals surface area contributed by atoms with Crippen LogP contribution in [-0.2, 0) is 16.1 Å². The summed E-state index contributed by atoms with van der Waals surface area (Å²) >= 11 is 0. The quantitative estimate of drug-likeness (QED) is 0.846. The van der Waals surface area contributed by atoms with Crippen molar-refractivity contribution in [2.45, 2.75) is 31.9 Å². The number of aliphatic carboxylic acids is 1. The zero-order valence-electron chi connectivity index (χ0n) is 11.1. The van der Waals surface area contributed by atoms with E-state index in [0.717, 1.165) is 25.0 Å². The lowest BCUT2D eigenvalue weighted by molar-refractivity contribution is -0.139. The van der Waals surface area contributed by atoms with Crippen molar-refractivity contribution in [3.8, 4) is 0 Å². The van der Waals surface area contributed by atoms with Gasteiger partial charge in [-0.2, -0.15) is 0 Å². The van der Waals surface area contributed by atoms with Gasteiger partial charge in [-0.1, -0.05) is 18.9 Å². The normalized spacial score (nSPS) is 15.3. The van der Waals surface area contributed by atoms with Crippen LogP contribution in [0.2, 0.25) is 0 Å². The van der Waals surface area contributed by atoms with E-state index in [4.69, 9.17) is 5.11 Å². The Morgan fingerprint density at radius 3 is 2.48 bits per heavy atom. The number of carbonyl (C=O) groups excluding carboxylic acids is 1. The molecule has 2 N–H and O–H groups in total. The number of benzene rings is 1. The Balaban J connectivity index is 1.87. The first-order chi connectivity index (χ1) is 9.97. The Bertz CT molecular complexity index is 526. The molecule has 1 atom stereocenters. The molecule has 0 saturated heterocycles. The highest BCUT2D eigenvalue weighted by Gasteiger charge is 2.30. The largest absolute Gasteiger partial charge is 0.480 e. The molecule has 0 radical (unpaired) electrons. The van der Waals surface area contributed by atoms with E-state index in [1.165, 1.54) is 6.07 Å². The Morgan fingerprint density at radius 2 is 1.95 bits per heavy atom. The topological polar surface area (TPSA) is 75.6 Å². The first-order valence-electron chi connectivity index (χ1n) is 6.56. The van der Waals surface area contributed by atoms with Gasteiger partial charge < -0.3 is 15.2 Å². The zero-order valence-corrected chi connectivity index (χ0v) is 11.1.